The van der Waals surface area contributed by atoms with E-state index in [4.69, 9.17) is 5.26 Å². The first-order valence-electron chi connectivity index (χ1n) is 6.67. The van der Waals surface area contributed by atoms with E-state index in [2.05, 4.69) is 10.0 Å². The first-order chi connectivity index (χ1) is 9.83. The van der Waals surface area contributed by atoms with E-state index in [0.29, 0.717) is 11.1 Å². The highest BCUT2D eigenvalue weighted by molar-refractivity contribution is 7.89. The standard InChI is InChI=1S/C14H17N3O3S/c1-9-7-13(6-3-11(9)8-15)21(19,20)17-10(2)14(18)16-12-4-5-12/h3,6-7,10,12,17H,4-5H2,1-2H3,(H,16,18). The maximum absolute atomic E-state index is 12.2. The van der Waals surface area contributed by atoms with E-state index < -0.39 is 16.1 Å². The number of sulfonamides is 1. The van der Waals surface area contributed by atoms with Crippen molar-refractivity contribution in [3.05, 3.63) is 29.3 Å². The highest BCUT2D eigenvalue weighted by Gasteiger charge is 2.28. The molecule has 1 aliphatic rings. The van der Waals surface area contributed by atoms with E-state index in [1.165, 1.54) is 25.1 Å². The molecule has 1 amide bonds. The predicted molar refractivity (Wildman–Crippen MR) is 76.8 cm³/mol. The minimum atomic E-state index is -3.79. The Bertz CT molecular complexity index is 703. The normalized spacial score (nSPS) is 16.0. The lowest BCUT2D eigenvalue weighted by Crippen LogP contribution is -2.45. The molecule has 0 radical (unpaired) electrons. The molecule has 1 aromatic carbocycles. The van der Waals surface area contributed by atoms with Crippen molar-refractivity contribution in [2.24, 2.45) is 0 Å². The maximum atomic E-state index is 12.2. The van der Waals surface area contributed by atoms with Gasteiger partial charge in [-0.15, -0.1) is 0 Å². The molecule has 1 atom stereocenters. The van der Waals surface area contributed by atoms with E-state index in [9.17, 15) is 13.2 Å². The molecular formula is C14H17N3O3S. The molecule has 2 rings (SSSR count). The van der Waals surface area contributed by atoms with Crippen LogP contribution in [0.25, 0.3) is 0 Å². The zero-order chi connectivity index (χ0) is 15.6. The van der Waals surface area contributed by atoms with Crippen LogP contribution in [0.1, 0.15) is 30.9 Å². The van der Waals surface area contributed by atoms with Crippen molar-refractivity contribution in [2.75, 3.05) is 0 Å². The fraction of sp³-hybridized carbons (Fsp3) is 0.429. The summed E-state index contributed by atoms with van der Waals surface area (Å²) in [5, 5.41) is 11.6. The van der Waals surface area contributed by atoms with Crippen LogP contribution in [-0.4, -0.2) is 26.4 Å². The van der Waals surface area contributed by atoms with Gasteiger partial charge in [-0.25, -0.2) is 8.42 Å². The van der Waals surface area contributed by atoms with Gasteiger partial charge >= 0.3 is 0 Å². The van der Waals surface area contributed by atoms with Crippen LogP contribution in [0, 0.1) is 18.3 Å². The maximum Gasteiger partial charge on any atom is 0.241 e. The Morgan fingerprint density at radius 2 is 2.10 bits per heavy atom. The molecule has 6 nitrogen and oxygen atoms in total. The fourth-order valence-corrected chi connectivity index (χ4v) is 3.12. The lowest BCUT2D eigenvalue weighted by molar-refractivity contribution is -0.122. The third-order valence-electron chi connectivity index (χ3n) is 3.28. The molecule has 7 heteroatoms. The van der Waals surface area contributed by atoms with Crippen LogP contribution >= 0.6 is 0 Å². The first kappa shape index (κ1) is 15.5. The molecule has 1 aliphatic carbocycles. The summed E-state index contributed by atoms with van der Waals surface area (Å²) in [6, 6.07) is 5.56. The average molecular weight is 307 g/mol. The highest BCUT2D eigenvalue weighted by atomic mass is 32.2. The van der Waals surface area contributed by atoms with Gasteiger partial charge in [0.25, 0.3) is 0 Å². The van der Waals surface area contributed by atoms with Crippen LogP contribution in [0.2, 0.25) is 0 Å². The lowest BCUT2D eigenvalue weighted by atomic mass is 10.1. The third-order valence-corrected chi connectivity index (χ3v) is 4.82. The number of carbonyl (C=O) groups excluding carboxylic acids is 1. The summed E-state index contributed by atoms with van der Waals surface area (Å²) in [5.74, 6) is -0.327. The number of nitrogens with zero attached hydrogens (tertiary/aromatic N) is 1. The van der Waals surface area contributed by atoms with E-state index >= 15 is 0 Å². The van der Waals surface area contributed by atoms with Crippen molar-refractivity contribution in [3.8, 4) is 6.07 Å². The zero-order valence-corrected chi connectivity index (χ0v) is 12.7. The van der Waals surface area contributed by atoms with E-state index in [0.717, 1.165) is 12.8 Å². The molecule has 0 bridgehead atoms. The van der Waals surface area contributed by atoms with Crippen LogP contribution in [-0.2, 0) is 14.8 Å². The van der Waals surface area contributed by atoms with Crippen LogP contribution in [0.15, 0.2) is 23.1 Å². The summed E-state index contributed by atoms with van der Waals surface area (Å²) < 4.78 is 26.8. The second kappa shape index (κ2) is 5.84. The summed E-state index contributed by atoms with van der Waals surface area (Å²) in [7, 11) is -3.79. The van der Waals surface area contributed by atoms with Crippen molar-refractivity contribution < 1.29 is 13.2 Å². The highest BCUT2D eigenvalue weighted by Crippen LogP contribution is 2.19. The average Bonchev–Trinajstić information content (AvgIpc) is 3.22. The molecule has 0 heterocycles. The van der Waals surface area contributed by atoms with Crippen molar-refractivity contribution in [1.29, 1.82) is 5.26 Å². The van der Waals surface area contributed by atoms with Gasteiger partial charge in [0.1, 0.15) is 0 Å². The van der Waals surface area contributed by atoms with Gasteiger partial charge in [-0.1, -0.05) is 0 Å². The van der Waals surface area contributed by atoms with Gasteiger partial charge in [0.05, 0.1) is 22.6 Å². The van der Waals surface area contributed by atoms with Crippen LogP contribution in [0.5, 0.6) is 0 Å². The smallest absolute Gasteiger partial charge is 0.241 e. The number of aryl methyl sites for hydroxylation is 1. The van der Waals surface area contributed by atoms with Gasteiger partial charge in [0.2, 0.25) is 15.9 Å². The summed E-state index contributed by atoms with van der Waals surface area (Å²) in [5.41, 5.74) is 1.00. The topological polar surface area (TPSA) is 99.1 Å². The van der Waals surface area contributed by atoms with Gasteiger partial charge in [0, 0.05) is 6.04 Å². The monoisotopic (exact) mass is 307 g/mol. The molecule has 0 aliphatic heterocycles. The number of hydrogen-bond donors (Lipinski definition) is 2. The Labute approximate surface area is 124 Å². The Kier molecular flexibility index (Phi) is 4.30. The molecule has 0 aromatic heterocycles. The molecular weight excluding hydrogens is 290 g/mol. The SMILES string of the molecule is Cc1cc(S(=O)(=O)NC(C)C(=O)NC2CC2)ccc1C#N. The molecule has 1 aromatic rings. The molecule has 21 heavy (non-hydrogen) atoms. The summed E-state index contributed by atoms with van der Waals surface area (Å²) >= 11 is 0. The number of amides is 1. The Morgan fingerprint density at radius 1 is 1.43 bits per heavy atom. The molecule has 1 unspecified atom stereocenters. The van der Waals surface area contributed by atoms with Gasteiger partial charge in [-0.3, -0.25) is 4.79 Å². The van der Waals surface area contributed by atoms with Gasteiger partial charge in [0.15, 0.2) is 0 Å². The molecule has 2 N–H and O–H groups in total. The van der Waals surface area contributed by atoms with Crippen LogP contribution in [0.3, 0.4) is 0 Å². The molecule has 1 fully saturated rings. The first-order valence-corrected chi connectivity index (χ1v) is 8.15. The van der Waals surface area contributed by atoms with Gasteiger partial charge in [-0.2, -0.15) is 9.98 Å². The van der Waals surface area contributed by atoms with Crippen molar-refractivity contribution in [2.45, 2.75) is 43.7 Å². The summed E-state index contributed by atoms with van der Waals surface area (Å²) in [4.78, 5) is 11.8. The largest absolute Gasteiger partial charge is 0.352 e. The minimum Gasteiger partial charge on any atom is -0.352 e. The molecule has 1 saturated carbocycles. The predicted octanol–water partition coefficient (Wildman–Crippen LogP) is 0.812. The number of hydrogen-bond acceptors (Lipinski definition) is 4. The quantitative estimate of drug-likeness (QED) is 0.841. The number of carbonyl (C=O) groups is 1. The van der Waals surface area contributed by atoms with Crippen molar-refractivity contribution >= 4 is 15.9 Å². The summed E-state index contributed by atoms with van der Waals surface area (Å²) in [6.07, 6.45) is 1.89. The molecule has 0 spiro atoms. The number of benzene rings is 1. The number of rotatable bonds is 5. The number of nitriles is 1. The van der Waals surface area contributed by atoms with E-state index in [-0.39, 0.29) is 16.8 Å². The Hall–Kier alpha value is -1.91. The molecule has 0 saturated heterocycles. The Morgan fingerprint density at radius 3 is 2.62 bits per heavy atom. The van der Waals surface area contributed by atoms with Crippen molar-refractivity contribution in [1.82, 2.24) is 10.0 Å². The minimum absolute atomic E-state index is 0.0464. The summed E-state index contributed by atoms with van der Waals surface area (Å²) in [6.45, 7) is 3.17. The second-order valence-electron chi connectivity index (χ2n) is 5.21. The van der Waals surface area contributed by atoms with E-state index in [1.54, 1.807) is 6.92 Å². The van der Waals surface area contributed by atoms with E-state index in [1.807, 2.05) is 6.07 Å². The molecule has 112 valence electrons. The van der Waals surface area contributed by atoms with Crippen molar-refractivity contribution in [3.63, 3.8) is 0 Å². The lowest BCUT2D eigenvalue weighted by Gasteiger charge is -2.14. The fourth-order valence-electron chi connectivity index (χ4n) is 1.84. The van der Waals surface area contributed by atoms with Gasteiger partial charge < -0.3 is 5.32 Å². The third kappa shape index (κ3) is 3.80. The second-order valence-corrected chi connectivity index (χ2v) is 6.93. The zero-order valence-electron chi connectivity index (χ0n) is 11.9. The van der Waals surface area contributed by atoms with Crippen LogP contribution in [0.4, 0.5) is 0 Å². The van der Waals surface area contributed by atoms with Gasteiger partial charge in [-0.05, 0) is 50.5 Å². The van der Waals surface area contributed by atoms with Crippen LogP contribution < -0.4 is 10.0 Å². The number of nitrogens with one attached hydrogen (secondary N) is 2. The Balaban J connectivity index is 2.12.